The third-order valence-corrected chi connectivity index (χ3v) is 2.92. The third-order valence-electron chi connectivity index (χ3n) is 1.47. The molecule has 1 rings (SSSR count). The van der Waals surface area contributed by atoms with Gasteiger partial charge in [-0.05, 0) is 22.0 Å². The molecule has 0 saturated carbocycles. The molecule has 0 aliphatic carbocycles. The molecule has 0 saturated heterocycles. The zero-order valence-corrected chi connectivity index (χ0v) is 9.32. The molecular formula is C7H5BrF2O3S. The molecule has 7 heteroatoms. The molecule has 0 aliphatic heterocycles. The first-order chi connectivity index (χ1) is 6.36. The van der Waals surface area contributed by atoms with E-state index in [0.717, 1.165) is 19.2 Å². The lowest BCUT2D eigenvalue weighted by Gasteiger charge is -2.05. The van der Waals surface area contributed by atoms with Crippen molar-refractivity contribution in [3.05, 3.63) is 22.4 Å². The van der Waals surface area contributed by atoms with Crippen LogP contribution in [0.15, 0.2) is 21.5 Å². The molecule has 14 heavy (non-hydrogen) atoms. The van der Waals surface area contributed by atoms with Gasteiger partial charge in [0.25, 0.3) is 0 Å². The van der Waals surface area contributed by atoms with E-state index in [0.29, 0.717) is 0 Å². The van der Waals surface area contributed by atoms with E-state index in [1.807, 2.05) is 0 Å². The molecule has 1 aromatic rings. The van der Waals surface area contributed by atoms with E-state index < -0.39 is 20.9 Å². The van der Waals surface area contributed by atoms with Crippen molar-refractivity contribution >= 4 is 26.2 Å². The summed E-state index contributed by atoms with van der Waals surface area (Å²) in [5, 5.41) is 0. The monoisotopic (exact) mass is 286 g/mol. The number of hydrogen-bond acceptors (Lipinski definition) is 3. The molecule has 0 aromatic heterocycles. The van der Waals surface area contributed by atoms with Gasteiger partial charge in [0, 0.05) is 6.07 Å². The zero-order chi connectivity index (χ0) is 10.9. The Labute approximate surface area is 88.0 Å². The van der Waals surface area contributed by atoms with Gasteiger partial charge in [0.15, 0.2) is 0 Å². The van der Waals surface area contributed by atoms with Gasteiger partial charge >= 0.3 is 10.2 Å². The molecule has 0 unspecified atom stereocenters. The fourth-order valence-corrected chi connectivity index (χ4v) is 2.00. The van der Waals surface area contributed by atoms with Crippen LogP contribution < -0.4 is 4.74 Å². The van der Waals surface area contributed by atoms with Crippen LogP contribution in [0.3, 0.4) is 0 Å². The lowest BCUT2D eigenvalue weighted by molar-refractivity contribution is 0.397. The summed E-state index contributed by atoms with van der Waals surface area (Å²) in [6.45, 7) is 0. The van der Waals surface area contributed by atoms with Gasteiger partial charge in [-0.3, -0.25) is 0 Å². The summed E-state index contributed by atoms with van der Waals surface area (Å²) in [5.74, 6) is -1.09. The number of rotatable bonds is 2. The molecule has 0 bridgehead atoms. The molecule has 78 valence electrons. The Bertz CT molecular complexity index is 458. The highest BCUT2D eigenvalue weighted by Gasteiger charge is 2.20. The lowest BCUT2D eigenvalue weighted by atomic mass is 10.3. The van der Waals surface area contributed by atoms with Crippen molar-refractivity contribution in [1.82, 2.24) is 0 Å². The number of benzene rings is 1. The number of halogens is 3. The van der Waals surface area contributed by atoms with Gasteiger partial charge < -0.3 is 4.74 Å². The summed E-state index contributed by atoms with van der Waals surface area (Å²) >= 11 is 2.74. The second-order valence-electron chi connectivity index (χ2n) is 2.36. The van der Waals surface area contributed by atoms with Crippen molar-refractivity contribution in [2.24, 2.45) is 0 Å². The maximum absolute atomic E-state index is 12.9. The van der Waals surface area contributed by atoms with Crippen LogP contribution in [0.25, 0.3) is 0 Å². The quantitative estimate of drug-likeness (QED) is 0.784. The fourth-order valence-electron chi connectivity index (χ4n) is 0.860. The van der Waals surface area contributed by atoms with Crippen LogP contribution in [0, 0.1) is 5.82 Å². The molecule has 0 N–H and O–H groups in total. The topological polar surface area (TPSA) is 43.4 Å². The smallest absolute Gasteiger partial charge is 0.335 e. The number of methoxy groups -OCH3 is 1. The zero-order valence-electron chi connectivity index (χ0n) is 6.92. The SMILES string of the molecule is COc1cc(F)c(Br)cc1S(=O)(=O)F. The van der Waals surface area contributed by atoms with Gasteiger partial charge in [0.05, 0.1) is 11.6 Å². The van der Waals surface area contributed by atoms with E-state index in [9.17, 15) is 16.7 Å². The van der Waals surface area contributed by atoms with Crippen LogP contribution in [0.2, 0.25) is 0 Å². The Morgan fingerprint density at radius 3 is 2.43 bits per heavy atom. The highest BCUT2D eigenvalue weighted by Crippen LogP contribution is 2.30. The van der Waals surface area contributed by atoms with Gasteiger partial charge in [0.2, 0.25) is 0 Å². The third kappa shape index (κ3) is 2.21. The minimum atomic E-state index is -4.91. The maximum atomic E-state index is 12.9. The average molecular weight is 287 g/mol. The molecule has 3 nitrogen and oxygen atoms in total. The fraction of sp³-hybridized carbons (Fsp3) is 0.143. The summed E-state index contributed by atoms with van der Waals surface area (Å²) in [7, 11) is -3.78. The highest BCUT2D eigenvalue weighted by molar-refractivity contribution is 9.10. The minimum Gasteiger partial charge on any atom is -0.495 e. The molecule has 0 fully saturated rings. The molecular weight excluding hydrogens is 282 g/mol. The number of ether oxygens (including phenoxy) is 1. The summed E-state index contributed by atoms with van der Waals surface area (Å²) in [4.78, 5) is -0.701. The normalized spacial score (nSPS) is 11.4. The Balaban J connectivity index is 3.51. The summed E-state index contributed by atoms with van der Waals surface area (Å²) in [6, 6.07) is 1.60. The van der Waals surface area contributed by atoms with Crippen molar-refractivity contribution in [2.75, 3.05) is 7.11 Å². The maximum Gasteiger partial charge on any atom is 0.335 e. The standard InChI is InChI=1S/C7H5BrF2O3S/c1-13-6-3-5(9)4(8)2-7(6)14(10,11)12/h2-3H,1H3. The van der Waals surface area contributed by atoms with Gasteiger partial charge in [-0.1, -0.05) is 0 Å². The Hall–Kier alpha value is -0.690. The summed E-state index contributed by atoms with van der Waals surface area (Å²) in [6.07, 6.45) is 0. The first-order valence-corrected chi connectivity index (χ1v) is 5.51. The van der Waals surface area contributed by atoms with Crippen LogP contribution in [0.4, 0.5) is 8.28 Å². The average Bonchev–Trinajstić information content (AvgIpc) is 2.07. The summed E-state index contributed by atoms with van der Waals surface area (Å²) < 4.78 is 51.1. The molecule has 0 atom stereocenters. The molecule has 0 amide bonds. The predicted octanol–water partition coefficient (Wildman–Crippen LogP) is 2.26. The first kappa shape index (κ1) is 11.4. The van der Waals surface area contributed by atoms with Gasteiger partial charge in [-0.2, -0.15) is 8.42 Å². The highest BCUT2D eigenvalue weighted by atomic mass is 79.9. The van der Waals surface area contributed by atoms with Crippen LogP contribution in [-0.2, 0) is 10.2 Å². The molecule has 0 radical (unpaired) electrons. The van der Waals surface area contributed by atoms with Crippen LogP contribution in [-0.4, -0.2) is 15.5 Å². The van der Waals surface area contributed by atoms with E-state index in [2.05, 4.69) is 20.7 Å². The number of hydrogen-bond donors (Lipinski definition) is 0. The minimum absolute atomic E-state index is 0.144. The Morgan fingerprint density at radius 2 is 2.00 bits per heavy atom. The molecule has 0 heterocycles. The van der Waals surface area contributed by atoms with Crippen LogP contribution in [0.5, 0.6) is 5.75 Å². The first-order valence-electron chi connectivity index (χ1n) is 3.34. The second kappa shape index (κ2) is 3.82. The second-order valence-corrected chi connectivity index (χ2v) is 4.52. The van der Waals surface area contributed by atoms with Crippen molar-refractivity contribution < 1.29 is 21.4 Å². The van der Waals surface area contributed by atoms with Crippen molar-refractivity contribution in [3.8, 4) is 5.75 Å². The summed E-state index contributed by atoms with van der Waals surface area (Å²) in [5.41, 5.74) is 0. The van der Waals surface area contributed by atoms with Crippen molar-refractivity contribution in [1.29, 1.82) is 0 Å². The van der Waals surface area contributed by atoms with E-state index >= 15 is 0 Å². The Morgan fingerprint density at radius 1 is 1.43 bits per heavy atom. The van der Waals surface area contributed by atoms with Crippen molar-refractivity contribution in [3.63, 3.8) is 0 Å². The largest absolute Gasteiger partial charge is 0.495 e. The van der Waals surface area contributed by atoms with E-state index in [1.165, 1.54) is 0 Å². The molecule has 0 spiro atoms. The molecule has 0 aliphatic rings. The van der Waals surface area contributed by atoms with E-state index in [1.54, 1.807) is 0 Å². The van der Waals surface area contributed by atoms with Gasteiger partial charge in [0.1, 0.15) is 16.5 Å². The van der Waals surface area contributed by atoms with Crippen LogP contribution >= 0.6 is 15.9 Å². The molecule has 1 aromatic carbocycles. The predicted molar refractivity (Wildman–Crippen MR) is 48.9 cm³/mol. The Kier molecular flexibility index (Phi) is 3.10. The van der Waals surface area contributed by atoms with Gasteiger partial charge in [-0.25, -0.2) is 4.39 Å². The van der Waals surface area contributed by atoms with Crippen molar-refractivity contribution in [2.45, 2.75) is 4.90 Å². The van der Waals surface area contributed by atoms with Gasteiger partial charge in [-0.15, -0.1) is 3.89 Å². The van der Waals surface area contributed by atoms with Crippen LogP contribution in [0.1, 0.15) is 0 Å². The van der Waals surface area contributed by atoms with E-state index in [4.69, 9.17) is 0 Å². The van der Waals surface area contributed by atoms with E-state index in [-0.39, 0.29) is 10.2 Å². The lowest BCUT2D eigenvalue weighted by Crippen LogP contribution is -1.98.